The van der Waals surface area contributed by atoms with Gasteiger partial charge in [-0.3, -0.25) is 9.59 Å². The highest BCUT2D eigenvalue weighted by atomic mass is 28.4. The van der Waals surface area contributed by atoms with Gasteiger partial charge in [-0.1, -0.05) is 6.92 Å². The molecule has 3 N–H and O–H groups in total. The van der Waals surface area contributed by atoms with Crippen molar-refractivity contribution in [2.75, 3.05) is 37.0 Å². The maximum atomic E-state index is 15.4. The Bertz CT molecular complexity index is 902. The van der Waals surface area contributed by atoms with Crippen LogP contribution < -0.4 is 15.5 Å². The van der Waals surface area contributed by atoms with Crippen LogP contribution in [0.4, 0.5) is 15.5 Å². The van der Waals surface area contributed by atoms with E-state index >= 15 is 4.11 Å². The number of amides is 2. The van der Waals surface area contributed by atoms with E-state index in [1.807, 2.05) is 19.1 Å². The molecule has 1 spiro atoms. The second kappa shape index (κ2) is 8.51. The predicted octanol–water partition coefficient (Wildman–Crippen LogP) is 2.76. The van der Waals surface area contributed by atoms with Crippen LogP contribution in [-0.4, -0.2) is 58.2 Å². The minimum absolute atomic E-state index is 0.0439. The van der Waals surface area contributed by atoms with Gasteiger partial charge in [-0.2, -0.15) is 0 Å². The first kappa shape index (κ1) is 23.3. The highest BCUT2D eigenvalue weighted by molar-refractivity contribution is 6.72. The van der Waals surface area contributed by atoms with Crippen LogP contribution in [0.2, 0.25) is 18.6 Å². The second-order valence-corrected chi connectivity index (χ2v) is 13.7. The van der Waals surface area contributed by atoms with E-state index in [0.717, 1.165) is 19.4 Å². The first-order valence-corrected chi connectivity index (χ1v) is 14.5. The van der Waals surface area contributed by atoms with E-state index in [-0.39, 0.29) is 30.8 Å². The Morgan fingerprint density at radius 3 is 2.81 bits per heavy atom. The minimum atomic E-state index is -3.20. The molecule has 9 heteroatoms. The van der Waals surface area contributed by atoms with Crippen LogP contribution >= 0.6 is 0 Å². The Kier molecular flexibility index (Phi) is 6.21. The van der Waals surface area contributed by atoms with E-state index in [4.69, 9.17) is 4.74 Å². The largest absolute Gasteiger partial charge is 0.396 e. The van der Waals surface area contributed by atoms with Gasteiger partial charge in [0, 0.05) is 42.9 Å². The van der Waals surface area contributed by atoms with Gasteiger partial charge in [0.1, 0.15) is 0 Å². The third-order valence-electron chi connectivity index (χ3n) is 7.44. The fraction of sp³-hybridized carbons (Fsp3) is 0.652. The summed E-state index contributed by atoms with van der Waals surface area (Å²) >= 11 is 0. The number of nitrogens with one attached hydrogen (secondary N) is 2. The summed E-state index contributed by atoms with van der Waals surface area (Å²) in [6.45, 7) is 6.62. The zero-order valence-corrected chi connectivity index (χ0v) is 20.3. The molecule has 2 fully saturated rings. The molecule has 5 atom stereocenters. The Morgan fingerprint density at radius 1 is 1.44 bits per heavy atom. The number of aliphatic hydroxyl groups is 1. The van der Waals surface area contributed by atoms with Gasteiger partial charge < -0.3 is 29.5 Å². The standard InChI is InChI=1S/C23H34FN3O4Si/c1-14-20(32(3,4)24)19(9-11-28)31-23(14)17-12-16(7-8-18(17)27(2)22(23)30)26-21(29)15-6-5-10-25-13-15/h7-8,12,14-15,19-20,25,28H,5-6,9-11,13H2,1-4H3,(H,26,29)/t14-,15?,19+,20-,23+/m0/s1. The molecule has 0 bridgehead atoms. The maximum absolute atomic E-state index is 15.4. The predicted molar refractivity (Wildman–Crippen MR) is 124 cm³/mol. The van der Waals surface area contributed by atoms with Crippen LogP contribution in [0, 0.1) is 11.8 Å². The molecule has 4 rings (SSSR count). The lowest BCUT2D eigenvalue weighted by molar-refractivity contribution is -0.146. The fourth-order valence-corrected chi connectivity index (χ4v) is 8.49. The SMILES string of the molecule is C[C@H]1[C@H]([Si](C)(C)F)[C@@H](CCO)O[C@]12C(=O)N(C)c1ccc(NC(=O)C3CCCNC3)cc12. The van der Waals surface area contributed by atoms with Crippen LogP contribution in [0.15, 0.2) is 18.2 Å². The molecule has 1 unspecified atom stereocenters. The fourth-order valence-electron chi connectivity index (χ4n) is 5.95. The number of ether oxygens (including phenoxy) is 1. The molecule has 0 aromatic heterocycles. The Morgan fingerprint density at radius 2 is 2.19 bits per heavy atom. The topological polar surface area (TPSA) is 90.9 Å². The normalized spacial score (nSPS) is 32.4. The number of fused-ring (bicyclic) bond motifs is 2. The monoisotopic (exact) mass is 463 g/mol. The van der Waals surface area contributed by atoms with Gasteiger partial charge in [-0.15, -0.1) is 0 Å². The van der Waals surface area contributed by atoms with Gasteiger partial charge in [0.25, 0.3) is 5.91 Å². The Balaban J connectivity index is 1.71. The average Bonchev–Trinajstić information content (AvgIpc) is 3.16. The third kappa shape index (κ3) is 3.69. The highest BCUT2D eigenvalue weighted by Crippen LogP contribution is 2.60. The zero-order chi connectivity index (χ0) is 23.3. The number of hydrogen-bond acceptors (Lipinski definition) is 5. The van der Waals surface area contributed by atoms with Gasteiger partial charge in [-0.05, 0) is 57.1 Å². The number of carbonyl (C=O) groups excluding carboxylic acids is 2. The van der Waals surface area contributed by atoms with E-state index in [1.54, 1.807) is 31.1 Å². The van der Waals surface area contributed by atoms with Gasteiger partial charge in [0.05, 0.1) is 17.7 Å². The Hall–Kier alpha value is -1.81. The molecule has 0 aliphatic carbocycles. The molecule has 7 nitrogen and oxygen atoms in total. The molecule has 0 saturated carbocycles. The molecular formula is C23H34FN3O4Si. The highest BCUT2D eigenvalue weighted by Gasteiger charge is 2.66. The molecule has 1 aromatic rings. The number of rotatable bonds is 5. The maximum Gasteiger partial charge on any atom is 0.264 e. The molecule has 3 aliphatic rings. The number of likely N-dealkylation sites (N-methyl/N-ethyl adjacent to an activating group) is 1. The molecule has 2 amide bonds. The van der Waals surface area contributed by atoms with E-state index in [0.29, 0.717) is 23.5 Å². The zero-order valence-electron chi connectivity index (χ0n) is 19.3. The molecule has 3 aliphatic heterocycles. The number of piperidine rings is 1. The lowest BCUT2D eigenvalue weighted by atomic mass is 9.82. The molecule has 176 valence electrons. The van der Waals surface area contributed by atoms with Gasteiger partial charge in [-0.25, -0.2) is 0 Å². The molecule has 0 radical (unpaired) electrons. The van der Waals surface area contributed by atoms with Crippen molar-refractivity contribution in [3.63, 3.8) is 0 Å². The molecule has 2 saturated heterocycles. The summed E-state index contributed by atoms with van der Waals surface area (Å²) in [5, 5.41) is 15.8. The number of nitrogens with zero attached hydrogens (tertiary/aromatic N) is 1. The van der Waals surface area contributed by atoms with E-state index in [9.17, 15) is 14.7 Å². The molecule has 1 aromatic carbocycles. The van der Waals surface area contributed by atoms with Gasteiger partial charge in [0.2, 0.25) is 14.3 Å². The third-order valence-corrected chi connectivity index (χ3v) is 9.90. The van der Waals surface area contributed by atoms with Crippen molar-refractivity contribution in [3.8, 4) is 0 Å². The second-order valence-electron chi connectivity index (χ2n) is 9.91. The lowest BCUT2D eigenvalue weighted by Gasteiger charge is -2.31. The van der Waals surface area contributed by atoms with Crippen LogP contribution in [-0.2, 0) is 19.9 Å². The van der Waals surface area contributed by atoms with Crippen LogP contribution in [0.3, 0.4) is 0 Å². The summed E-state index contributed by atoms with van der Waals surface area (Å²) in [7, 11) is -1.50. The quantitative estimate of drug-likeness (QED) is 0.461. The number of halogens is 1. The molecule has 3 heterocycles. The summed E-state index contributed by atoms with van der Waals surface area (Å²) in [5.74, 6) is -0.745. The van der Waals surface area contributed by atoms with Crippen molar-refractivity contribution in [2.45, 2.75) is 56.5 Å². The van der Waals surface area contributed by atoms with Crippen LogP contribution in [0.5, 0.6) is 0 Å². The van der Waals surface area contributed by atoms with Crippen LogP contribution in [0.1, 0.15) is 31.7 Å². The summed E-state index contributed by atoms with van der Waals surface area (Å²) < 4.78 is 21.8. The van der Waals surface area contributed by atoms with E-state index in [2.05, 4.69) is 10.6 Å². The first-order chi connectivity index (χ1) is 15.1. The lowest BCUT2D eigenvalue weighted by Crippen LogP contribution is -2.44. The van der Waals surface area contributed by atoms with Crippen molar-refractivity contribution in [2.24, 2.45) is 11.8 Å². The number of carbonyl (C=O) groups is 2. The molecular weight excluding hydrogens is 429 g/mol. The van der Waals surface area contributed by atoms with Crippen molar-refractivity contribution in [3.05, 3.63) is 23.8 Å². The summed E-state index contributed by atoms with van der Waals surface area (Å²) in [6.07, 6.45) is 1.56. The summed E-state index contributed by atoms with van der Waals surface area (Å²) in [5.41, 5.74) is 0.251. The first-order valence-electron chi connectivity index (χ1n) is 11.5. The Labute approximate surface area is 189 Å². The van der Waals surface area contributed by atoms with Gasteiger partial charge in [0.15, 0.2) is 5.60 Å². The van der Waals surface area contributed by atoms with Crippen molar-refractivity contribution in [1.29, 1.82) is 0 Å². The smallest absolute Gasteiger partial charge is 0.264 e. The average molecular weight is 464 g/mol. The summed E-state index contributed by atoms with van der Waals surface area (Å²) in [6, 6.07) is 5.43. The molecule has 32 heavy (non-hydrogen) atoms. The van der Waals surface area contributed by atoms with Crippen molar-refractivity contribution < 1.29 is 23.5 Å². The van der Waals surface area contributed by atoms with E-state index in [1.165, 1.54) is 0 Å². The van der Waals surface area contributed by atoms with Crippen LogP contribution in [0.25, 0.3) is 0 Å². The number of hydrogen-bond donors (Lipinski definition) is 3. The number of benzene rings is 1. The number of anilines is 2. The van der Waals surface area contributed by atoms with Crippen molar-refractivity contribution in [1.82, 2.24) is 5.32 Å². The van der Waals surface area contributed by atoms with Gasteiger partial charge >= 0.3 is 0 Å². The summed E-state index contributed by atoms with van der Waals surface area (Å²) in [4.78, 5) is 27.9. The number of aliphatic hydroxyl groups excluding tert-OH is 1. The van der Waals surface area contributed by atoms with Crippen molar-refractivity contribution >= 4 is 31.6 Å². The minimum Gasteiger partial charge on any atom is -0.396 e. The van der Waals surface area contributed by atoms with E-state index < -0.39 is 31.6 Å².